The second kappa shape index (κ2) is 10.0. The Labute approximate surface area is 193 Å². The molecule has 0 atom stereocenters. The van der Waals surface area contributed by atoms with Gasteiger partial charge in [0.2, 0.25) is 5.90 Å². The Bertz CT molecular complexity index is 1190. The maximum absolute atomic E-state index is 12.4. The molecule has 0 unspecified atom stereocenters. The Morgan fingerprint density at radius 1 is 0.939 bits per heavy atom. The number of hydrogen-bond donors (Lipinski definition) is 0. The fourth-order valence-corrected chi connectivity index (χ4v) is 3.29. The third kappa shape index (κ3) is 5.41. The Morgan fingerprint density at radius 2 is 1.70 bits per heavy atom. The van der Waals surface area contributed by atoms with E-state index in [-0.39, 0.29) is 11.6 Å². The van der Waals surface area contributed by atoms with Crippen molar-refractivity contribution in [1.82, 2.24) is 0 Å². The monoisotopic (exact) mass is 443 g/mol. The van der Waals surface area contributed by atoms with Crippen molar-refractivity contribution in [2.75, 3.05) is 13.7 Å². The summed E-state index contributed by atoms with van der Waals surface area (Å²) in [6.07, 6.45) is 1.66. The van der Waals surface area contributed by atoms with Gasteiger partial charge in [0.15, 0.2) is 17.2 Å². The molecule has 0 N–H and O–H groups in total. The van der Waals surface area contributed by atoms with Gasteiger partial charge in [0.05, 0.1) is 13.7 Å². The van der Waals surface area contributed by atoms with E-state index in [9.17, 15) is 4.79 Å². The van der Waals surface area contributed by atoms with Crippen molar-refractivity contribution in [2.45, 2.75) is 20.5 Å². The van der Waals surface area contributed by atoms with E-state index in [1.807, 2.05) is 74.5 Å². The van der Waals surface area contributed by atoms with Crippen LogP contribution in [-0.4, -0.2) is 25.6 Å². The van der Waals surface area contributed by atoms with Gasteiger partial charge in [-0.3, -0.25) is 0 Å². The van der Waals surface area contributed by atoms with E-state index in [1.54, 1.807) is 19.3 Å². The minimum atomic E-state index is -0.502. The zero-order valence-electron chi connectivity index (χ0n) is 18.8. The summed E-state index contributed by atoms with van der Waals surface area (Å²) in [5.41, 5.74) is 3.94. The van der Waals surface area contributed by atoms with Gasteiger partial charge in [0, 0.05) is 5.56 Å². The Hall–Kier alpha value is -4.06. The fraction of sp³-hybridized carbons (Fsp3) is 0.185. The number of nitrogens with zero attached hydrogens (tertiary/aromatic N) is 1. The SMILES string of the molecule is CCOc1ccc(C2=N/C(=C\c3ccc(OCc4ccc(C)cc4)c(OC)c3)C(=O)O2)cc1. The predicted molar refractivity (Wildman–Crippen MR) is 127 cm³/mol. The van der Waals surface area contributed by atoms with E-state index < -0.39 is 5.97 Å². The number of benzene rings is 3. The summed E-state index contributed by atoms with van der Waals surface area (Å²) < 4.78 is 22.2. The first-order valence-corrected chi connectivity index (χ1v) is 10.7. The van der Waals surface area contributed by atoms with E-state index >= 15 is 0 Å². The molecule has 0 bridgehead atoms. The van der Waals surface area contributed by atoms with Crippen LogP contribution >= 0.6 is 0 Å². The predicted octanol–water partition coefficient (Wildman–Crippen LogP) is 5.33. The zero-order valence-corrected chi connectivity index (χ0v) is 18.8. The molecule has 0 radical (unpaired) electrons. The van der Waals surface area contributed by atoms with Crippen molar-refractivity contribution in [3.63, 3.8) is 0 Å². The number of methoxy groups -OCH3 is 1. The van der Waals surface area contributed by atoms with E-state index in [0.717, 1.165) is 16.9 Å². The molecule has 6 heteroatoms. The van der Waals surface area contributed by atoms with E-state index in [1.165, 1.54) is 5.56 Å². The van der Waals surface area contributed by atoms with Crippen LogP contribution in [0.5, 0.6) is 17.2 Å². The van der Waals surface area contributed by atoms with E-state index in [4.69, 9.17) is 18.9 Å². The fourth-order valence-electron chi connectivity index (χ4n) is 3.29. The molecular weight excluding hydrogens is 418 g/mol. The summed E-state index contributed by atoms with van der Waals surface area (Å²) in [6, 6.07) is 20.9. The van der Waals surface area contributed by atoms with Crippen LogP contribution in [0.4, 0.5) is 0 Å². The molecule has 0 fully saturated rings. The summed E-state index contributed by atoms with van der Waals surface area (Å²) in [4.78, 5) is 16.7. The van der Waals surface area contributed by atoms with Crippen LogP contribution < -0.4 is 14.2 Å². The molecule has 4 rings (SSSR count). The van der Waals surface area contributed by atoms with Gasteiger partial charge in [0.1, 0.15) is 12.4 Å². The third-order valence-electron chi connectivity index (χ3n) is 5.04. The molecule has 33 heavy (non-hydrogen) atoms. The molecule has 0 saturated carbocycles. The van der Waals surface area contributed by atoms with Gasteiger partial charge in [-0.2, -0.15) is 0 Å². The smallest absolute Gasteiger partial charge is 0.363 e. The number of cyclic esters (lactones) is 1. The Balaban J connectivity index is 1.50. The lowest BCUT2D eigenvalue weighted by Gasteiger charge is -2.11. The molecule has 6 nitrogen and oxygen atoms in total. The van der Waals surface area contributed by atoms with E-state index in [0.29, 0.717) is 30.3 Å². The summed E-state index contributed by atoms with van der Waals surface area (Å²) in [5, 5.41) is 0. The van der Waals surface area contributed by atoms with Gasteiger partial charge in [-0.25, -0.2) is 9.79 Å². The van der Waals surface area contributed by atoms with Gasteiger partial charge in [-0.15, -0.1) is 0 Å². The van der Waals surface area contributed by atoms with Crippen molar-refractivity contribution in [1.29, 1.82) is 0 Å². The third-order valence-corrected chi connectivity index (χ3v) is 5.04. The number of ether oxygens (including phenoxy) is 4. The molecule has 0 aromatic heterocycles. The molecule has 3 aromatic carbocycles. The first kappa shape index (κ1) is 22.1. The van der Waals surface area contributed by atoms with Crippen molar-refractivity contribution in [3.8, 4) is 17.2 Å². The first-order valence-electron chi connectivity index (χ1n) is 10.7. The van der Waals surface area contributed by atoms with Crippen LogP contribution in [0.25, 0.3) is 6.08 Å². The highest BCUT2D eigenvalue weighted by Crippen LogP contribution is 2.30. The maximum atomic E-state index is 12.4. The first-order chi connectivity index (χ1) is 16.1. The molecule has 1 aliphatic rings. The molecule has 1 aliphatic heterocycles. The largest absolute Gasteiger partial charge is 0.494 e. The number of aliphatic imine (C=N–C) groups is 1. The summed E-state index contributed by atoms with van der Waals surface area (Å²) in [6.45, 7) is 4.98. The molecule has 0 amide bonds. The lowest BCUT2D eigenvalue weighted by molar-refractivity contribution is -0.129. The summed E-state index contributed by atoms with van der Waals surface area (Å²) in [5.74, 6) is 1.70. The minimum absolute atomic E-state index is 0.217. The highest BCUT2D eigenvalue weighted by atomic mass is 16.6. The maximum Gasteiger partial charge on any atom is 0.363 e. The van der Waals surface area contributed by atoms with Crippen LogP contribution in [0.15, 0.2) is 77.4 Å². The van der Waals surface area contributed by atoms with Crippen molar-refractivity contribution in [3.05, 3.63) is 94.7 Å². The van der Waals surface area contributed by atoms with Gasteiger partial charge in [-0.05, 0) is 67.4 Å². The minimum Gasteiger partial charge on any atom is -0.494 e. The number of carbonyl (C=O) groups excluding carboxylic acids is 1. The Kier molecular flexibility index (Phi) is 6.74. The zero-order chi connectivity index (χ0) is 23.2. The number of aryl methyl sites for hydroxylation is 1. The number of carbonyl (C=O) groups is 1. The second-order valence-electron chi connectivity index (χ2n) is 7.48. The van der Waals surface area contributed by atoms with Crippen molar-refractivity contribution in [2.24, 2.45) is 4.99 Å². The molecule has 0 aliphatic carbocycles. The molecule has 0 spiro atoms. The molecule has 1 heterocycles. The summed E-state index contributed by atoms with van der Waals surface area (Å²) in [7, 11) is 1.58. The Morgan fingerprint density at radius 3 is 2.39 bits per heavy atom. The van der Waals surface area contributed by atoms with Gasteiger partial charge >= 0.3 is 5.97 Å². The van der Waals surface area contributed by atoms with Gasteiger partial charge < -0.3 is 18.9 Å². The van der Waals surface area contributed by atoms with Crippen LogP contribution in [0.2, 0.25) is 0 Å². The highest BCUT2D eigenvalue weighted by molar-refractivity contribution is 6.12. The average Bonchev–Trinajstić information content (AvgIpc) is 3.20. The lowest BCUT2D eigenvalue weighted by Crippen LogP contribution is -2.05. The van der Waals surface area contributed by atoms with Gasteiger partial charge in [-0.1, -0.05) is 35.9 Å². The van der Waals surface area contributed by atoms with Crippen LogP contribution in [-0.2, 0) is 16.1 Å². The van der Waals surface area contributed by atoms with Crippen molar-refractivity contribution < 1.29 is 23.7 Å². The van der Waals surface area contributed by atoms with Crippen LogP contribution in [0.3, 0.4) is 0 Å². The molecular formula is C27H25NO5. The number of rotatable bonds is 8. The van der Waals surface area contributed by atoms with Gasteiger partial charge in [0.25, 0.3) is 0 Å². The summed E-state index contributed by atoms with van der Waals surface area (Å²) >= 11 is 0. The second-order valence-corrected chi connectivity index (χ2v) is 7.48. The topological polar surface area (TPSA) is 66.3 Å². The standard InChI is InChI=1S/C27H25NO5/c1-4-31-22-12-10-21(11-13-22)26-28-23(27(29)33-26)15-20-9-14-24(25(16-20)30-3)32-17-19-7-5-18(2)6-8-19/h5-16H,4,17H2,1-3H3/b23-15-. The molecule has 3 aromatic rings. The van der Waals surface area contributed by atoms with E-state index in [2.05, 4.69) is 4.99 Å². The van der Waals surface area contributed by atoms with Crippen molar-refractivity contribution >= 4 is 17.9 Å². The average molecular weight is 443 g/mol. The van der Waals surface area contributed by atoms with Crippen LogP contribution in [0, 0.1) is 6.92 Å². The molecule has 0 saturated heterocycles. The number of hydrogen-bond acceptors (Lipinski definition) is 6. The normalized spacial score (nSPS) is 14.1. The van der Waals surface area contributed by atoms with Crippen LogP contribution in [0.1, 0.15) is 29.2 Å². The highest BCUT2D eigenvalue weighted by Gasteiger charge is 2.24. The number of esters is 1. The quantitative estimate of drug-likeness (QED) is 0.348. The lowest BCUT2D eigenvalue weighted by atomic mass is 10.1. The molecule has 168 valence electrons.